The topological polar surface area (TPSA) is 79.1 Å². The maximum atomic E-state index is 14.2. The van der Waals surface area contributed by atoms with Gasteiger partial charge in [-0.05, 0) is 75.7 Å². The van der Waals surface area contributed by atoms with E-state index in [1.54, 1.807) is 32.1 Å². The van der Waals surface area contributed by atoms with Crippen molar-refractivity contribution in [2.45, 2.75) is 46.4 Å². The zero-order valence-electron chi connectivity index (χ0n) is 24.1. The molecule has 5 rings (SSSR count). The molecule has 1 atom stereocenters. The number of aromatic nitrogens is 1. The molecule has 222 valence electrons. The maximum absolute atomic E-state index is 14.2. The van der Waals surface area contributed by atoms with Crippen LogP contribution in [0.25, 0.3) is 6.08 Å². The molecule has 1 aliphatic heterocycles. The van der Waals surface area contributed by atoms with Crippen LogP contribution >= 0.6 is 27.3 Å². The van der Waals surface area contributed by atoms with Gasteiger partial charge in [0.05, 0.1) is 28.5 Å². The number of nitrogens with zero attached hydrogens (tertiary/aromatic N) is 2. The number of hydrogen-bond acceptors (Lipinski definition) is 7. The van der Waals surface area contributed by atoms with Crippen molar-refractivity contribution in [2.75, 3.05) is 6.61 Å². The van der Waals surface area contributed by atoms with Crippen molar-refractivity contribution in [1.82, 2.24) is 4.57 Å². The molecule has 0 N–H and O–H groups in total. The van der Waals surface area contributed by atoms with Crippen LogP contribution in [0.15, 0.2) is 92.3 Å². The molecule has 10 heteroatoms. The third-order valence-corrected chi connectivity index (χ3v) is 8.14. The van der Waals surface area contributed by atoms with Crippen LogP contribution < -0.4 is 24.4 Å². The predicted octanol–water partition coefficient (Wildman–Crippen LogP) is 6.07. The molecule has 2 heterocycles. The summed E-state index contributed by atoms with van der Waals surface area (Å²) < 4.78 is 33.7. The summed E-state index contributed by atoms with van der Waals surface area (Å²) in [6, 6.07) is 18.2. The Morgan fingerprint density at radius 1 is 1.12 bits per heavy atom. The van der Waals surface area contributed by atoms with Crippen molar-refractivity contribution >= 4 is 39.3 Å². The Hall–Kier alpha value is -4.02. The first-order valence-electron chi connectivity index (χ1n) is 13.8. The smallest absolute Gasteiger partial charge is 0.338 e. The number of esters is 1. The minimum Gasteiger partial charge on any atom is -0.491 e. The van der Waals surface area contributed by atoms with Gasteiger partial charge in [0.2, 0.25) is 0 Å². The molecule has 0 spiro atoms. The first-order chi connectivity index (χ1) is 20.7. The van der Waals surface area contributed by atoms with Crippen LogP contribution in [-0.2, 0) is 16.1 Å². The number of thiazole rings is 1. The van der Waals surface area contributed by atoms with E-state index in [0.717, 1.165) is 10.0 Å². The molecule has 7 nitrogen and oxygen atoms in total. The van der Waals surface area contributed by atoms with Crippen molar-refractivity contribution in [1.29, 1.82) is 0 Å². The van der Waals surface area contributed by atoms with Crippen molar-refractivity contribution in [3.8, 4) is 11.5 Å². The number of ether oxygens (including phenoxy) is 3. The average molecular weight is 666 g/mol. The SMILES string of the molecule is CCOC(=O)C1=C(C)N=c2s/c(=C/c3cc(Br)ccc3OCc3ccc(F)cc3)c(=O)n2[C@H]1c1ccccc1OC(C)C. The number of allylic oxidation sites excluding steroid dienone is 1. The fourth-order valence-corrected chi connectivity index (χ4v) is 6.22. The first kappa shape index (κ1) is 30.4. The number of carbonyl (C=O) groups is 1. The van der Waals surface area contributed by atoms with Crippen LogP contribution in [0.1, 0.15) is 50.4 Å². The Morgan fingerprint density at radius 2 is 1.86 bits per heavy atom. The van der Waals surface area contributed by atoms with Gasteiger partial charge in [-0.25, -0.2) is 14.2 Å². The van der Waals surface area contributed by atoms with Gasteiger partial charge in [0.1, 0.15) is 30.0 Å². The van der Waals surface area contributed by atoms with E-state index in [1.807, 2.05) is 56.3 Å². The second-order valence-electron chi connectivity index (χ2n) is 10.1. The normalized spacial score (nSPS) is 14.9. The summed E-state index contributed by atoms with van der Waals surface area (Å²) in [4.78, 5) is 32.6. The minimum atomic E-state index is -0.802. The quantitative estimate of drug-likeness (QED) is 0.203. The van der Waals surface area contributed by atoms with E-state index in [4.69, 9.17) is 14.2 Å². The summed E-state index contributed by atoms with van der Waals surface area (Å²) in [7, 11) is 0. The van der Waals surface area contributed by atoms with Crippen LogP contribution in [0.3, 0.4) is 0 Å². The number of fused-ring (bicyclic) bond motifs is 1. The standard InChI is InChI=1S/C33H30BrFN2O5S/c1-5-40-32(39)29-20(4)36-33-37(30(29)25-8-6-7-9-27(25)42-19(2)3)31(38)28(43-33)17-22-16-23(34)12-15-26(22)41-18-21-10-13-24(35)14-11-21/h6-17,19,30H,5,18H2,1-4H3/b28-17+/t30-/m0/s1. The maximum Gasteiger partial charge on any atom is 0.338 e. The fraction of sp³-hybridized carbons (Fsp3) is 0.242. The Bertz CT molecular complexity index is 1880. The Balaban J connectivity index is 1.64. The van der Waals surface area contributed by atoms with Crippen molar-refractivity contribution < 1.29 is 23.4 Å². The zero-order chi connectivity index (χ0) is 30.7. The molecule has 0 radical (unpaired) electrons. The van der Waals surface area contributed by atoms with E-state index in [2.05, 4.69) is 20.9 Å². The largest absolute Gasteiger partial charge is 0.491 e. The third-order valence-electron chi connectivity index (χ3n) is 6.66. The molecule has 1 aliphatic rings. The molecular formula is C33H30BrFN2O5S. The van der Waals surface area contributed by atoms with Gasteiger partial charge in [-0.15, -0.1) is 0 Å². The molecule has 43 heavy (non-hydrogen) atoms. The molecule has 3 aromatic carbocycles. The lowest BCUT2D eigenvalue weighted by Gasteiger charge is -2.26. The van der Waals surface area contributed by atoms with Crippen molar-refractivity contribution in [3.05, 3.63) is 125 Å². The van der Waals surface area contributed by atoms with E-state index < -0.39 is 12.0 Å². The van der Waals surface area contributed by atoms with Gasteiger partial charge in [0, 0.05) is 15.6 Å². The molecule has 4 aromatic rings. The van der Waals surface area contributed by atoms with Crippen molar-refractivity contribution in [2.24, 2.45) is 4.99 Å². The lowest BCUT2D eigenvalue weighted by molar-refractivity contribution is -0.139. The average Bonchev–Trinajstić information content (AvgIpc) is 3.27. The second kappa shape index (κ2) is 13.1. The van der Waals surface area contributed by atoms with Crippen LogP contribution in [0.4, 0.5) is 4.39 Å². The number of hydrogen-bond donors (Lipinski definition) is 0. The van der Waals surface area contributed by atoms with Gasteiger partial charge in [-0.3, -0.25) is 9.36 Å². The van der Waals surface area contributed by atoms with Gasteiger partial charge in [0.15, 0.2) is 4.80 Å². The highest BCUT2D eigenvalue weighted by molar-refractivity contribution is 9.10. The van der Waals surface area contributed by atoms with Gasteiger partial charge in [0.25, 0.3) is 5.56 Å². The Morgan fingerprint density at radius 3 is 2.58 bits per heavy atom. The second-order valence-corrected chi connectivity index (χ2v) is 12.0. The van der Waals surface area contributed by atoms with E-state index in [0.29, 0.717) is 37.7 Å². The van der Waals surface area contributed by atoms with Gasteiger partial charge in [-0.2, -0.15) is 0 Å². The van der Waals surface area contributed by atoms with Crippen LogP contribution in [0, 0.1) is 5.82 Å². The minimum absolute atomic E-state index is 0.127. The lowest BCUT2D eigenvalue weighted by Crippen LogP contribution is -2.40. The molecule has 0 amide bonds. The third kappa shape index (κ3) is 6.65. The fourth-order valence-electron chi connectivity index (χ4n) is 4.80. The molecule has 0 unspecified atom stereocenters. The first-order valence-corrected chi connectivity index (χ1v) is 15.4. The summed E-state index contributed by atoms with van der Waals surface area (Å²) in [5, 5.41) is 0. The Kier molecular flexibility index (Phi) is 9.27. The molecular weight excluding hydrogens is 635 g/mol. The summed E-state index contributed by atoms with van der Waals surface area (Å²) in [5.74, 6) is 0.262. The number of rotatable bonds is 9. The van der Waals surface area contributed by atoms with E-state index in [9.17, 15) is 14.0 Å². The molecule has 0 saturated carbocycles. The highest BCUT2D eigenvalue weighted by atomic mass is 79.9. The zero-order valence-corrected chi connectivity index (χ0v) is 26.5. The van der Waals surface area contributed by atoms with E-state index in [1.165, 1.54) is 28.0 Å². The predicted molar refractivity (Wildman–Crippen MR) is 167 cm³/mol. The van der Waals surface area contributed by atoms with Gasteiger partial charge in [-0.1, -0.05) is 57.6 Å². The van der Waals surface area contributed by atoms with Gasteiger partial charge < -0.3 is 14.2 Å². The highest BCUT2D eigenvalue weighted by Gasteiger charge is 2.35. The lowest BCUT2D eigenvalue weighted by atomic mass is 9.95. The monoisotopic (exact) mass is 664 g/mol. The molecule has 0 aliphatic carbocycles. The van der Waals surface area contributed by atoms with Crippen LogP contribution in [0.2, 0.25) is 0 Å². The molecule has 0 fully saturated rings. The number of para-hydroxylation sites is 1. The molecule has 1 aromatic heterocycles. The summed E-state index contributed by atoms with van der Waals surface area (Å²) in [6.07, 6.45) is 1.63. The molecule has 0 saturated heterocycles. The van der Waals surface area contributed by atoms with Crippen LogP contribution in [0.5, 0.6) is 11.5 Å². The molecule has 0 bridgehead atoms. The van der Waals surface area contributed by atoms with Gasteiger partial charge >= 0.3 is 5.97 Å². The van der Waals surface area contributed by atoms with E-state index >= 15 is 0 Å². The highest BCUT2D eigenvalue weighted by Crippen LogP contribution is 2.36. The Labute approximate surface area is 260 Å². The van der Waals surface area contributed by atoms with Crippen LogP contribution in [-0.4, -0.2) is 23.2 Å². The van der Waals surface area contributed by atoms with Crippen molar-refractivity contribution in [3.63, 3.8) is 0 Å². The summed E-state index contributed by atoms with van der Waals surface area (Å²) >= 11 is 4.74. The summed E-state index contributed by atoms with van der Waals surface area (Å²) in [5.41, 5.74) is 2.58. The number of benzene rings is 3. The van der Waals surface area contributed by atoms with E-state index in [-0.39, 0.29) is 36.3 Å². The summed E-state index contributed by atoms with van der Waals surface area (Å²) in [6.45, 7) is 7.73. The number of halogens is 2. The number of carbonyl (C=O) groups excluding carboxylic acids is 1.